The normalized spacial score (nSPS) is 11.2. The van der Waals surface area contributed by atoms with Crippen LogP contribution in [0.4, 0.5) is 5.69 Å². The van der Waals surface area contributed by atoms with Gasteiger partial charge in [-0.15, -0.1) is 10.2 Å². The molecule has 0 spiro atoms. The highest BCUT2D eigenvalue weighted by Gasteiger charge is 2.10. The van der Waals surface area contributed by atoms with E-state index in [2.05, 4.69) is 33.7 Å². The number of para-hydroxylation sites is 1. The molecule has 0 atom stereocenters. The van der Waals surface area contributed by atoms with Crippen molar-refractivity contribution < 1.29 is 4.79 Å². The van der Waals surface area contributed by atoms with Crippen LogP contribution < -0.4 is 5.32 Å². The Balaban J connectivity index is 1.44. The SMILES string of the molecule is Cc1cc(C)cc(NC(=O)CCSc2nnc3ccc4ccccc4n23)c1. The van der Waals surface area contributed by atoms with Gasteiger partial charge < -0.3 is 5.32 Å². The number of nitrogens with zero attached hydrogens (tertiary/aromatic N) is 3. The van der Waals surface area contributed by atoms with Crippen molar-refractivity contribution in [1.29, 1.82) is 0 Å². The van der Waals surface area contributed by atoms with Crippen LogP contribution in [-0.2, 0) is 4.79 Å². The van der Waals surface area contributed by atoms with Crippen LogP contribution in [0, 0.1) is 13.8 Å². The number of rotatable bonds is 5. The van der Waals surface area contributed by atoms with Crippen molar-refractivity contribution >= 4 is 39.9 Å². The van der Waals surface area contributed by atoms with Gasteiger partial charge in [0, 0.05) is 17.9 Å². The number of aryl methyl sites for hydroxylation is 2. The van der Waals surface area contributed by atoms with E-state index in [0.29, 0.717) is 12.2 Å². The lowest BCUT2D eigenvalue weighted by Gasteiger charge is -2.07. The third-order valence-corrected chi connectivity index (χ3v) is 5.24. The quantitative estimate of drug-likeness (QED) is 0.516. The number of benzene rings is 2. The van der Waals surface area contributed by atoms with Gasteiger partial charge >= 0.3 is 0 Å². The number of thioether (sulfide) groups is 1. The average Bonchev–Trinajstić information content (AvgIpc) is 3.04. The molecule has 1 amide bonds. The first kappa shape index (κ1) is 17.5. The summed E-state index contributed by atoms with van der Waals surface area (Å²) in [6.07, 6.45) is 0.414. The highest BCUT2D eigenvalue weighted by molar-refractivity contribution is 7.99. The van der Waals surface area contributed by atoms with Crippen LogP contribution in [0.25, 0.3) is 16.6 Å². The van der Waals surface area contributed by atoms with E-state index in [0.717, 1.165) is 38.5 Å². The first-order valence-electron chi connectivity index (χ1n) is 8.84. The monoisotopic (exact) mass is 376 g/mol. The van der Waals surface area contributed by atoms with Crippen LogP contribution in [0.3, 0.4) is 0 Å². The van der Waals surface area contributed by atoms with Crippen LogP contribution in [0.2, 0.25) is 0 Å². The third-order valence-electron chi connectivity index (χ3n) is 4.31. The number of aromatic nitrogens is 3. The molecule has 4 aromatic rings. The van der Waals surface area contributed by atoms with Crippen molar-refractivity contribution in [3.05, 3.63) is 65.7 Å². The molecule has 5 nitrogen and oxygen atoms in total. The van der Waals surface area contributed by atoms with Gasteiger partial charge in [0.1, 0.15) is 0 Å². The van der Waals surface area contributed by atoms with Gasteiger partial charge in [-0.25, -0.2) is 0 Å². The van der Waals surface area contributed by atoms with Crippen LogP contribution >= 0.6 is 11.8 Å². The standard InChI is InChI=1S/C21H20N4OS/c1-14-11-15(2)13-17(12-14)22-20(26)9-10-27-21-24-23-19-8-7-16-5-3-4-6-18(16)25(19)21/h3-8,11-13H,9-10H2,1-2H3,(H,22,26). The minimum absolute atomic E-state index is 0.00572. The fraction of sp³-hybridized carbons (Fsp3) is 0.190. The van der Waals surface area contributed by atoms with Gasteiger partial charge in [0.05, 0.1) is 5.52 Å². The second kappa shape index (κ2) is 7.40. The zero-order valence-electron chi connectivity index (χ0n) is 15.3. The van der Waals surface area contributed by atoms with Crippen molar-refractivity contribution in [2.24, 2.45) is 0 Å². The highest BCUT2D eigenvalue weighted by atomic mass is 32.2. The Morgan fingerprint density at radius 1 is 1.04 bits per heavy atom. The maximum Gasteiger partial charge on any atom is 0.225 e. The van der Waals surface area contributed by atoms with E-state index in [1.54, 1.807) is 11.8 Å². The second-order valence-corrected chi connectivity index (χ2v) is 7.65. The van der Waals surface area contributed by atoms with E-state index in [1.165, 1.54) is 0 Å². The molecule has 6 heteroatoms. The number of amides is 1. The molecule has 0 radical (unpaired) electrons. The summed E-state index contributed by atoms with van der Waals surface area (Å²) in [6.45, 7) is 4.05. The summed E-state index contributed by atoms with van der Waals surface area (Å²) in [4.78, 5) is 12.3. The summed E-state index contributed by atoms with van der Waals surface area (Å²) in [7, 11) is 0. The molecule has 0 bridgehead atoms. The summed E-state index contributed by atoms with van der Waals surface area (Å²) in [5.41, 5.74) is 5.02. The maximum absolute atomic E-state index is 12.3. The van der Waals surface area contributed by atoms with Crippen LogP contribution in [0.1, 0.15) is 17.5 Å². The number of hydrogen-bond acceptors (Lipinski definition) is 4. The van der Waals surface area contributed by atoms with Gasteiger partial charge in [-0.1, -0.05) is 36.0 Å². The molecule has 136 valence electrons. The van der Waals surface area contributed by atoms with E-state index >= 15 is 0 Å². The Kier molecular flexibility index (Phi) is 4.81. The van der Waals surface area contributed by atoms with E-state index < -0.39 is 0 Å². The average molecular weight is 376 g/mol. The summed E-state index contributed by atoms with van der Waals surface area (Å²) in [6, 6.07) is 18.2. The van der Waals surface area contributed by atoms with Crippen molar-refractivity contribution in [2.45, 2.75) is 25.4 Å². The van der Waals surface area contributed by atoms with Gasteiger partial charge in [-0.2, -0.15) is 0 Å². The first-order chi connectivity index (χ1) is 13.1. The summed E-state index contributed by atoms with van der Waals surface area (Å²) < 4.78 is 2.04. The Labute approximate surface area is 161 Å². The van der Waals surface area contributed by atoms with Gasteiger partial charge in [0.15, 0.2) is 10.8 Å². The summed E-state index contributed by atoms with van der Waals surface area (Å²) in [5.74, 6) is 0.645. The predicted octanol–water partition coefficient (Wildman–Crippen LogP) is 4.62. The number of anilines is 1. The number of carbonyl (C=O) groups is 1. The second-order valence-electron chi connectivity index (χ2n) is 6.59. The lowest BCUT2D eigenvalue weighted by Crippen LogP contribution is -2.12. The molecule has 27 heavy (non-hydrogen) atoms. The molecule has 2 heterocycles. The van der Waals surface area contributed by atoms with E-state index in [1.807, 2.05) is 54.6 Å². The van der Waals surface area contributed by atoms with Crippen molar-refractivity contribution in [2.75, 3.05) is 11.1 Å². The van der Waals surface area contributed by atoms with Gasteiger partial charge in [0.25, 0.3) is 0 Å². The van der Waals surface area contributed by atoms with E-state index in [9.17, 15) is 4.79 Å². The Morgan fingerprint density at radius 3 is 2.63 bits per heavy atom. The third kappa shape index (κ3) is 3.80. The van der Waals surface area contributed by atoms with Gasteiger partial charge in [0.2, 0.25) is 5.91 Å². The molecule has 0 aliphatic heterocycles. The van der Waals surface area contributed by atoms with Gasteiger partial charge in [-0.3, -0.25) is 9.20 Å². The number of nitrogens with one attached hydrogen (secondary N) is 1. The first-order valence-corrected chi connectivity index (χ1v) is 9.82. The maximum atomic E-state index is 12.3. The molecule has 0 saturated heterocycles. The van der Waals surface area contributed by atoms with Crippen LogP contribution in [-0.4, -0.2) is 26.3 Å². The zero-order valence-corrected chi connectivity index (χ0v) is 16.1. The lowest BCUT2D eigenvalue weighted by molar-refractivity contribution is -0.115. The van der Waals surface area contributed by atoms with E-state index in [-0.39, 0.29) is 5.91 Å². The van der Waals surface area contributed by atoms with Crippen molar-refractivity contribution in [1.82, 2.24) is 14.6 Å². The fourth-order valence-electron chi connectivity index (χ4n) is 3.21. The number of hydrogen-bond donors (Lipinski definition) is 1. The molecule has 1 N–H and O–H groups in total. The Hall–Kier alpha value is -2.86. The Morgan fingerprint density at radius 2 is 1.81 bits per heavy atom. The summed E-state index contributed by atoms with van der Waals surface area (Å²) in [5, 5.41) is 13.5. The number of fused-ring (bicyclic) bond motifs is 3. The molecule has 4 rings (SSSR count). The molecule has 2 aromatic heterocycles. The molecule has 0 fully saturated rings. The fourth-order valence-corrected chi connectivity index (χ4v) is 4.10. The largest absolute Gasteiger partial charge is 0.326 e. The highest BCUT2D eigenvalue weighted by Crippen LogP contribution is 2.23. The minimum Gasteiger partial charge on any atom is -0.326 e. The zero-order chi connectivity index (χ0) is 18.8. The predicted molar refractivity (Wildman–Crippen MR) is 110 cm³/mol. The molecule has 0 unspecified atom stereocenters. The van der Waals surface area contributed by atoms with Crippen molar-refractivity contribution in [3.63, 3.8) is 0 Å². The molecule has 2 aromatic carbocycles. The van der Waals surface area contributed by atoms with E-state index in [4.69, 9.17) is 0 Å². The van der Waals surface area contributed by atoms with Crippen LogP contribution in [0.5, 0.6) is 0 Å². The smallest absolute Gasteiger partial charge is 0.225 e. The van der Waals surface area contributed by atoms with Crippen LogP contribution in [0.15, 0.2) is 59.8 Å². The Bertz CT molecular complexity index is 1120. The molecular weight excluding hydrogens is 356 g/mol. The molecular formula is C21H20N4OS. The number of pyridine rings is 1. The minimum atomic E-state index is 0.00572. The lowest BCUT2D eigenvalue weighted by atomic mass is 10.1. The molecule has 0 saturated carbocycles. The number of carbonyl (C=O) groups excluding carboxylic acids is 1. The topological polar surface area (TPSA) is 59.3 Å². The molecule has 0 aliphatic rings. The molecule has 0 aliphatic carbocycles. The van der Waals surface area contributed by atoms with Gasteiger partial charge in [-0.05, 0) is 60.7 Å². The van der Waals surface area contributed by atoms with Crippen molar-refractivity contribution in [3.8, 4) is 0 Å². The summed E-state index contributed by atoms with van der Waals surface area (Å²) >= 11 is 1.55.